The molecule has 0 spiro atoms. The number of fused-ring (bicyclic) bond motifs is 1. The predicted molar refractivity (Wildman–Crippen MR) is 109 cm³/mol. The number of carbonyl (C=O) groups excluding carboxylic acids is 1. The highest BCUT2D eigenvalue weighted by Crippen LogP contribution is 2.30. The molecule has 138 valence electrons. The van der Waals surface area contributed by atoms with Crippen LogP contribution in [0.25, 0.3) is 0 Å². The van der Waals surface area contributed by atoms with Gasteiger partial charge < -0.3 is 9.47 Å². The Kier molecular flexibility index (Phi) is 5.24. The van der Waals surface area contributed by atoms with Gasteiger partial charge in [0.15, 0.2) is 11.5 Å². The molecule has 3 aromatic rings. The summed E-state index contributed by atoms with van der Waals surface area (Å²) in [5.41, 5.74) is 2.39. The lowest BCUT2D eigenvalue weighted by Crippen LogP contribution is -2.15. The molecule has 0 N–H and O–H groups in total. The summed E-state index contributed by atoms with van der Waals surface area (Å²) in [6.07, 6.45) is 1.60. The van der Waals surface area contributed by atoms with E-state index in [4.69, 9.17) is 9.47 Å². The molecule has 0 amide bonds. The van der Waals surface area contributed by atoms with Crippen molar-refractivity contribution < 1.29 is 14.3 Å². The first-order chi connectivity index (χ1) is 13.8. The third kappa shape index (κ3) is 3.99. The lowest BCUT2D eigenvalue weighted by Gasteiger charge is -2.18. The Labute approximate surface area is 163 Å². The highest BCUT2D eigenvalue weighted by Gasteiger charge is 2.16. The molecule has 28 heavy (non-hydrogen) atoms. The summed E-state index contributed by atoms with van der Waals surface area (Å²) < 4.78 is 11.1. The van der Waals surface area contributed by atoms with Crippen molar-refractivity contribution in [1.29, 1.82) is 0 Å². The molecule has 3 aromatic carbocycles. The zero-order chi connectivity index (χ0) is 19.2. The summed E-state index contributed by atoms with van der Waals surface area (Å²) in [4.78, 5) is 12.9. The topological polar surface area (TPSA) is 60.2 Å². The van der Waals surface area contributed by atoms with Gasteiger partial charge in [-0.3, -0.25) is 4.79 Å². The zero-order valence-electron chi connectivity index (χ0n) is 15.1. The van der Waals surface area contributed by atoms with Crippen molar-refractivity contribution in [1.82, 2.24) is 0 Å². The van der Waals surface area contributed by atoms with Gasteiger partial charge in [-0.2, -0.15) is 5.10 Å². The summed E-state index contributed by atoms with van der Waals surface area (Å²) in [6.45, 7) is 1.07. The van der Waals surface area contributed by atoms with Crippen LogP contribution in [0.2, 0.25) is 0 Å². The summed E-state index contributed by atoms with van der Waals surface area (Å²) >= 11 is 0. The number of hydrogen-bond acceptors (Lipinski definition) is 5. The molecule has 1 aliphatic heterocycles. The van der Waals surface area contributed by atoms with Gasteiger partial charge in [0, 0.05) is 11.1 Å². The molecule has 5 nitrogen and oxygen atoms in total. The normalized spacial score (nSPS) is 13.5. The Balaban J connectivity index is 1.64. The van der Waals surface area contributed by atoms with E-state index in [2.05, 4.69) is 10.2 Å². The molecule has 0 unspecified atom stereocenters. The maximum Gasteiger partial charge on any atom is 0.213 e. The molecular weight excluding hydrogens is 352 g/mol. The van der Waals surface area contributed by atoms with Gasteiger partial charge in [-0.1, -0.05) is 60.7 Å². The highest BCUT2D eigenvalue weighted by molar-refractivity contribution is 6.51. The van der Waals surface area contributed by atoms with Gasteiger partial charge >= 0.3 is 0 Å². The van der Waals surface area contributed by atoms with Crippen molar-refractivity contribution in [2.24, 2.45) is 10.2 Å². The molecule has 0 bridgehead atoms. The maximum atomic E-state index is 12.9. The van der Waals surface area contributed by atoms with Gasteiger partial charge in [-0.05, 0) is 23.8 Å². The second-order valence-corrected chi connectivity index (χ2v) is 6.16. The lowest BCUT2D eigenvalue weighted by atomic mass is 10.0. The Bertz CT molecular complexity index is 1030. The minimum Gasteiger partial charge on any atom is -0.486 e. The molecule has 0 saturated heterocycles. The second kappa shape index (κ2) is 8.31. The van der Waals surface area contributed by atoms with Crippen LogP contribution in [0.15, 0.2) is 89.1 Å². The van der Waals surface area contributed by atoms with Gasteiger partial charge in [0.1, 0.15) is 18.9 Å². The summed E-state index contributed by atoms with van der Waals surface area (Å²) in [6, 6.07) is 23.9. The third-order valence-electron chi connectivity index (χ3n) is 4.23. The van der Waals surface area contributed by atoms with E-state index in [-0.39, 0.29) is 5.78 Å². The van der Waals surface area contributed by atoms with Crippen LogP contribution in [-0.4, -0.2) is 30.9 Å². The smallest absolute Gasteiger partial charge is 0.213 e. The first kappa shape index (κ1) is 17.7. The minimum absolute atomic E-state index is 0.175. The van der Waals surface area contributed by atoms with Crippen LogP contribution in [-0.2, 0) is 0 Å². The Morgan fingerprint density at radius 2 is 1.43 bits per heavy atom. The number of ketones is 1. The molecule has 0 atom stereocenters. The minimum atomic E-state index is -0.175. The van der Waals surface area contributed by atoms with E-state index < -0.39 is 0 Å². The molecule has 0 radical (unpaired) electrons. The van der Waals surface area contributed by atoms with E-state index in [9.17, 15) is 4.79 Å². The average Bonchev–Trinajstić information content (AvgIpc) is 2.77. The van der Waals surface area contributed by atoms with E-state index in [0.29, 0.717) is 30.2 Å². The van der Waals surface area contributed by atoms with Gasteiger partial charge in [-0.25, -0.2) is 0 Å². The number of nitrogens with zero attached hydrogens (tertiary/aromatic N) is 2. The van der Waals surface area contributed by atoms with Crippen LogP contribution in [0, 0.1) is 0 Å². The van der Waals surface area contributed by atoms with Crippen LogP contribution in [0.5, 0.6) is 11.5 Å². The first-order valence-corrected chi connectivity index (χ1v) is 8.97. The summed E-state index contributed by atoms with van der Waals surface area (Å²) in [5.74, 6) is 1.23. The molecule has 5 heteroatoms. The standard InChI is InChI=1S/C23H18N2O3/c26-23(19-9-5-2-6-10-19)22(18-7-3-1-4-8-18)25-24-16-17-11-12-20-21(15-17)28-14-13-27-20/h1-12,15-16H,13-14H2. The Hall–Kier alpha value is -3.73. The molecule has 1 aliphatic rings. The number of rotatable bonds is 5. The van der Waals surface area contributed by atoms with Gasteiger partial charge in [0.25, 0.3) is 0 Å². The van der Waals surface area contributed by atoms with Crippen LogP contribution >= 0.6 is 0 Å². The monoisotopic (exact) mass is 370 g/mol. The second-order valence-electron chi connectivity index (χ2n) is 6.16. The zero-order valence-corrected chi connectivity index (χ0v) is 15.1. The molecule has 4 rings (SSSR count). The Morgan fingerprint density at radius 1 is 0.786 bits per heavy atom. The van der Waals surface area contributed by atoms with Crippen LogP contribution in [0.3, 0.4) is 0 Å². The number of benzene rings is 3. The van der Waals surface area contributed by atoms with Gasteiger partial charge in [0.05, 0.1) is 6.21 Å². The fraction of sp³-hybridized carbons (Fsp3) is 0.0870. The SMILES string of the molecule is O=C(C(=NN=Cc1ccc2c(c1)OCCO2)c1ccccc1)c1ccccc1. The van der Waals surface area contributed by atoms with Crippen molar-refractivity contribution >= 4 is 17.7 Å². The van der Waals surface area contributed by atoms with Crippen LogP contribution in [0.1, 0.15) is 21.5 Å². The molecular formula is C23H18N2O3. The first-order valence-electron chi connectivity index (χ1n) is 8.97. The third-order valence-corrected chi connectivity index (χ3v) is 4.23. The van der Waals surface area contributed by atoms with Crippen LogP contribution in [0.4, 0.5) is 0 Å². The number of hydrogen-bond donors (Lipinski definition) is 0. The molecule has 0 fully saturated rings. The van der Waals surface area contributed by atoms with Gasteiger partial charge in [-0.15, -0.1) is 5.10 Å². The highest BCUT2D eigenvalue weighted by atomic mass is 16.6. The lowest BCUT2D eigenvalue weighted by molar-refractivity contribution is 0.106. The van der Waals surface area contributed by atoms with Crippen molar-refractivity contribution in [3.8, 4) is 11.5 Å². The van der Waals surface area contributed by atoms with E-state index in [1.807, 2.05) is 66.7 Å². The molecule has 0 aliphatic carbocycles. The largest absolute Gasteiger partial charge is 0.486 e. The Morgan fingerprint density at radius 3 is 2.14 bits per heavy atom. The van der Waals surface area contributed by atoms with E-state index in [1.54, 1.807) is 18.3 Å². The van der Waals surface area contributed by atoms with Crippen molar-refractivity contribution in [3.05, 3.63) is 95.6 Å². The maximum absolute atomic E-state index is 12.9. The van der Waals surface area contributed by atoms with Crippen molar-refractivity contribution in [2.45, 2.75) is 0 Å². The molecule has 0 saturated carbocycles. The fourth-order valence-corrected chi connectivity index (χ4v) is 2.85. The van der Waals surface area contributed by atoms with Crippen molar-refractivity contribution in [3.63, 3.8) is 0 Å². The quantitative estimate of drug-likeness (QED) is 0.385. The summed E-state index contributed by atoms with van der Waals surface area (Å²) in [5, 5.41) is 8.40. The average molecular weight is 370 g/mol. The van der Waals surface area contributed by atoms with E-state index >= 15 is 0 Å². The molecule has 1 heterocycles. The van der Waals surface area contributed by atoms with E-state index in [1.165, 1.54) is 0 Å². The number of ether oxygens (including phenoxy) is 2. The molecule has 0 aromatic heterocycles. The number of carbonyl (C=O) groups is 1. The van der Waals surface area contributed by atoms with Gasteiger partial charge in [0.2, 0.25) is 5.78 Å². The summed E-state index contributed by atoms with van der Waals surface area (Å²) in [7, 11) is 0. The van der Waals surface area contributed by atoms with Crippen LogP contribution < -0.4 is 9.47 Å². The predicted octanol–water partition coefficient (Wildman–Crippen LogP) is 4.16. The number of Topliss-reactive ketones (excluding diaryl/α,β-unsaturated/α-hetero) is 1. The van der Waals surface area contributed by atoms with Crippen molar-refractivity contribution in [2.75, 3.05) is 13.2 Å². The fourth-order valence-electron chi connectivity index (χ4n) is 2.85. The van der Waals surface area contributed by atoms with E-state index in [0.717, 1.165) is 16.9 Å².